The van der Waals surface area contributed by atoms with E-state index in [9.17, 15) is 4.79 Å². The highest BCUT2D eigenvalue weighted by Gasteiger charge is 2.29. The number of likely N-dealkylation sites (N-methyl/N-ethyl adjacent to an activating group) is 1. The average Bonchev–Trinajstić information content (AvgIpc) is 3.58. The van der Waals surface area contributed by atoms with Gasteiger partial charge in [0.15, 0.2) is 0 Å². The highest BCUT2D eigenvalue weighted by atomic mass is 16.5. The van der Waals surface area contributed by atoms with Crippen LogP contribution in [0.15, 0.2) is 67.3 Å². The van der Waals surface area contributed by atoms with Crippen molar-refractivity contribution in [2.45, 2.75) is 32.4 Å². The summed E-state index contributed by atoms with van der Waals surface area (Å²) >= 11 is 0. The molecular weight excluding hydrogens is 566 g/mol. The van der Waals surface area contributed by atoms with Gasteiger partial charge in [-0.25, -0.2) is 15.0 Å². The molecule has 0 saturated carbocycles. The molecule has 0 aliphatic carbocycles. The maximum absolute atomic E-state index is 12.7. The fourth-order valence-electron chi connectivity index (χ4n) is 6.37. The molecule has 5 aromatic rings. The third-order valence-corrected chi connectivity index (χ3v) is 8.60. The number of ether oxygens (including phenoxy) is 1. The molecule has 45 heavy (non-hydrogen) atoms. The SMILES string of the molecule is Cc1cccc(Oc2ccc3c(c2)CNc2ncnc4c2c-3c(-c2cnn(C3CCN(C(=O)/C=C/CN(C)C)CC3)c2)n4C)n1. The van der Waals surface area contributed by atoms with Crippen LogP contribution in [-0.4, -0.2) is 78.7 Å². The Morgan fingerprint density at radius 1 is 1.16 bits per heavy atom. The summed E-state index contributed by atoms with van der Waals surface area (Å²) in [5, 5.41) is 9.35. The van der Waals surface area contributed by atoms with Gasteiger partial charge in [-0.15, -0.1) is 0 Å². The molecule has 0 bridgehead atoms. The van der Waals surface area contributed by atoms with Crippen molar-refractivity contribution in [3.8, 4) is 34.0 Å². The van der Waals surface area contributed by atoms with E-state index in [1.165, 1.54) is 0 Å². The molecule has 0 unspecified atom stereocenters. The predicted octanol–water partition coefficient (Wildman–Crippen LogP) is 5.20. The lowest BCUT2D eigenvalue weighted by Gasteiger charge is -2.31. The van der Waals surface area contributed by atoms with E-state index in [0.29, 0.717) is 25.5 Å². The summed E-state index contributed by atoms with van der Waals surface area (Å²) in [7, 11) is 6.03. The predicted molar refractivity (Wildman–Crippen MR) is 174 cm³/mol. The van der Waals surface area contributed by atoms with Crippen molar-refractivity contribution < 1.29 is 9.53 Å². The van der Waals surface area contributed by atoms with Crippen LogP contribution in [0.5, 0.6) is 11.6 Å². The Balaban J connectivity index is 1.19. The van der Waals surface area contributed by atoms with Crippen LogP contribution >= 0.6 is 0 Å². The lowest BCUT2D eigenvalue weighted by atomic mass is 9.96. The normalized spacial score (nSPS) is 15.0. The smallest absolute Gasteiger partial charge is 0.246 e. The number of rotatable bonds is 7. The van der Waals surface area contributed by atoms with Crippen LogP contribution in [0, 0.1) is 6.92 Å². The van der Waals surface area contributed by atoms with Crippen molar-refractivity contribution >= 4 is 22.8 Å². The van der Waals surface area contributed by atoms with E-state index < -0.39 is 0 Å². The zero-order valence-corrected chi connectivity index (χ0v) is 26.1. The number of hydrogen-bond donors (Lipinski definition) is 1. The Hall–Kier alpha value is -5.03. The second-order valence-corrected chi connectivity index (χ2v) is 12.0. The minimum absolute atomic E-state index is 0.0787. The Labute approximate surface area is 262 Å². The minimum atomic E-state index is 0.0787. The highest BCUT2D eigenvalue weighted by Crippen LogP contribution is 2.46. The number of pyridine rings is 1. The van der Waals surface area contributed by atoms with Crippen LogP contribution in [-0.2, 0) is 18.4 Å². The van der Waals surface area contributed by atoms with Crippen molar-refractivity contribution in [3.63, 3.8) is 0 Å². The maximum atomic E-state index is 12.7. The standard InChI is InChI=1S/C34H37N9O2/c1-22-7-5-8-28(39-22)45-26-10-11-27-23(17-26)18-35-33-31-30(27)32(41(4)34(31)37-21-36-33)24-19-38-43(20-24)25-12-15-42(16-13-25)29(44)9-6-14-40(2)3/h5-11,17,19-21,25H,12-16,18H2,1-4H3,(H,35,36,37)/b9-6+. The van der Waals surface area contributed by atoms with Gasteiger partial charge in [-0.05, 0) is 63.2 Å². The van der Waals surface area contributed by atoms with Crippen LogP contribution in [0.4, 0.5) is 5.82 Å². The van der Waals surface area contributed by atoms with Crippen molar-refractivity contribution in [1.82, 2.24) is 39.1 Å². The second kappa shape index (κ2) is 11.8. The first-order valence-corrected chi connectivity index (χ1v) is 15.3. The first kappa shape index (κ1) is 28.7. The number of carbonyl (C=O) groups is 1. The molecule has 0 spiro atoms. The fourth-order valence-corrected chi connectivity index (χ4v) is 6.37. The van der Waals surface area contributed by atoms with Gasteiger partial charge in [0.25, 0.3) is 0 Å². The quantitative estimate of drug-likeness (QED) is 0.253. The Bertz CT molecular complexity index is 1910. The van der Waals surface area contributed by atoms with Gasteiger partial charge >= 0.3 is 0 Å². The van der Waals surface area contributed by atoms with Gasteiger partial charge in [-0.3, -0.25) is 9.48 Å². The molecule has 2 aliphatic rings. The molecule has 0 radical (unpaired) electrons. The van der Waals surface area contributed by atoms with Crippen molar-refractivity contribution in [2.24, 2.45) is 7.05 Å². The second-order valence-electron chi connectivity index (χ2n) is 12.0. The molecule has 2 aliphatic heterocycles. The molecule has 1 fully saturated rings. The lowest BCUT2D eigenvalue weighted by molar-refractivity contribution is -0.127. The van der Waals surface area contributed by atoms with Crippen LogP contribution < -0.4 is 10.1 Å². The number of anilines is 1. The van der Waals surface area contributed by atoms with Gasteiger partial charge < -0.3 is 24.4 Å². The number of benzene rings is 1. The monoisotopic (exact) mass is 603 g/mol. The van der Waals surface area contributed by atoms with Gasteiger partial charge in [0, 0.05) is 68.4 Å². The Morgan fingerprint density at radius 3 is 2.80 bits per heavy atom. The van der Waals surface area contributed by atoms with Crippen LogP contribution in [0.3, 0.4) is 0 Å². The van der Waals surface area contributed by atoms with Gasteiger partial charge in [0.1, 0.15) is 23.5 Å². The number of amides is 1. The number of nitrogens with zero attached hydrogens (tertiary/aromatic N) is 8. The zero-order valence-electron chi connectivity index (χ0n) is 26.1. The molecule has 0 atom stereocenters. The third kappa shape index (κ3) is 5.55. The van der Waals surface area contributed by atoms with E-state index >= 15 is 0 Å². The largest absolute Gasteiger partial charge is 0.439 e. The molecule has 7 rings (SSSR count). The number of piperidine rings is 1. The number of fused-ring (bicyclic) bond motifs is 2. The van der Waals surface area contributed by atoms with E-state index in [1.807, 2.05) is 74.4 Å². The fraction of sp³-hybridized carbons (Fsp3) is 0.324. The molecule has 11 nitrogen and oxygen atoms in total. The third-order valence-electron chi connectivity index (χ3n) is 8.60. The molecule has 6 heterocycles. The maximum Gasteiger partial charge on any atom is 0.246 e. The summed E-state index contributed by atoms with van der Waals surface area (Å²) in [5.74, 6) is 2.18. The Kier molecular flexibility index (Phi) is 7.54. The van der Waals surface area contributed by atoms with Crippen LogP contribution in [0.25, 0.3) is 33.4 Å². The van der Waals surface area contributed by atoms with Crippen LogP contribution in [0.1, 0.15) is 30.1 Å². The first-order valence-electron chi connectivity index (χ1n) is 15.3. The number of hydrogen-bond acceptors (Lipinski definition) is 8. The number of carbonyl (C=O) groups excluding carboxylic acids is 1. The van der Waals surface area contributed by atoms with E-state index in [-0.39, 0.29) is 11.9 Å². The molecule has 1 amide bonds. The number of aryl methyl sites for hydroxylation is 2. The lowest BCUT2D eigenvalue weighted by Crippen LogP contribution is -2.38. The molecule has 1 aromatic carbocycles. The van der Waals surface area contributed by atoms with Crippen molar-refractivity contribution in [1.29, 1.82) is 0 Å². The summed E-state index contributed by atoms with van der Waals surface area (Å²) in [6.07, 6.45) is 11.0. The summed E-state index contributed by atoms with van der Waals surface area (Å²) in [5.41, 5.74) is 7.08. The molecule has 4 aromatic heterocycles. The van der Waals surface area contributed by atoms with E-state index in [1.54, 1.807) is 12.4 Å². The van der Waals surface area contributed by atoms with Gasteiger partial charge in [0.05, 0.1) is 23.3 Å². The molecular formula is C34H37N9O2. The first-order chi connectivity index (χ1) is 21.9. The van der Waals surface area contributed by atoms with Crippen LogP contribution in [0.2, 0.25) is 0 Å². The Morgan fingerprint density at radius 2 is 2.00 bits per heavy atom. The topological polar surface area (TPSA) is 106 Å². The summed E-state index contributed by atoms with van der Waals surface area (Å²) < 4.78 is 10.3. The summed E-state index contributed by atoms with van der Waals surface area (Å²) in [6.45, 7) is 4.72. The van der Waals surface area contributed by atoms with Crippen molar-refractivity contribution in [2.75, 3.05) is 39.0 Å². The zero-order chi connectivity index (χ0) is 31.1. The molecule has 11 heteroatoms. The van der Waals surface area contributed by atoms with Gasteiger partial charge in [0.2, 0.25) is 11.8 Å². The minimum Gasteiger partial charge on any atom is -0.439 e. The van der Waals surface area contributed by atoms with E-state index in [0.717, 1.165) is 75.6 Å². The summed E-state index contributed by atoms with van der Waals surface area (Å²) in [4.78, 5) is 30.4. The van der Waals surface area contributed by atoms with Crippen molar-refractivity contribution in [3.05, 3.63) is 78.5 Å². The van der Waals surface area contributed by atoms with E-state index in [4.69, 9.17) is 9.84 Å². The molecule has 230 valence electrons. The molecule has 1 N–H and O–H groups in total. The number of aromatic nitrogens is 6. The van der Waals surface area contributed by atoms with E-state index in [2.05, 4.69) is 47.8 Å². The van der Waals surface area contributed by atoms with Gasteiger partial charge in [-0.2, -0.15) is 5.10 Å². The molecule has 1 saturated heterocycles. The van der Waals surface area contributed by atoms with Gasteiger partial charge in [-0.1, -0.05) is 18.2 Å². The highest BCUT2D eigenvalue weighted by molar-refractivity contribution is 6.09. The number of nitrogens with one attached hydrogen (secondary N) is 1. The summed E-state index contributed by atoms with van der Waals surface area (Å²) in [6, 6.07) is 12.2. The average molecular weight is 604 g/mol. The number of likely N-dealkylation sites (tertiary alicyclic amines) is 1.